The van der Waals surface area contributed by atoms with Gasteiger partial charge in [-0.3, -0.25) is 4.79 Å². The van der Waals surface area contributed by atoms with Crippen LogP contribution in [0.25, 0.3) is 0 Å². The minimum absolute atomic E-state index is 0. The van der Waals surface area contributed by atoms with Gasteiger partial charge in [0.15, 0.2) is 0 Å². The first kappa shape index (κ1) is 21.6. The second-order valence-corrected chi connectivity index (χ2v) is 5.37. The molecule has 23 heavy (non-hydrogen) atoms. The van der Waals surface area contributed by atoms with Crippen LogP contribution in [0.3, 0.4) is 0 Å². The van der Waals surface area contributed by atoms with E-state index in [1.54, 1.807) is 12.1 Å². The SMILES string of the molecule is CCC(N)(CC)CNC(=O)CCc1ccc(OC(F)F)cc1.Cl. The van der Waals surface area contributed by atoms with Gasteiger partial charge < -0.3 is 15.8 Å². The van der Waals surface area contributed by atoms with Crippen LogP contribution in [0.4, 0.5) is 8.78 Å². The Bertz CT molecular complexity index is 466. The molecule has 1 aromatic carbocycles. The number of aryl methyl sites for hydroxylation is 1. The van der Waals surface area contributed by atoms with Gasteiger partial charge in [0.25, 0.3) is 0 Å². The molecule has 1 aromatic rings. The fraction of sp³-hybridized carbons (Fsp3) is 0.562. The van der Waals surface area contributed by atoms with Crippen molar-refractivity contribution in [2.45, 2.75) is 51.7 Å². The molecule has 0 spiro atoms. The summed E-state index contributed by atoms with van der Waals surface area (Å²) in [7, 11) is 0. The van der Waals surface area contributed by atoms with E-state index in [9.17, 15) is 13.6 Å². The van der Waals surface area contributed by atoms with Crippen LogP contribution in [-0.4, -0.2) is 24.6 Å². The van der Waals surface area contributed by atoms with Gasteiger partial charge in [-0.1, -0.05) is 26.0 Å². The Morgan fingerprint density at radius 1 is 1.26 bits per heavy atom. The number of hydrogen-bond acceptors (Lipinski definition) is 3. The summed E-state index contributed by atoms with van der Waals surface area (Å²) in [5.74, 6) is 0.0478. The predicted octanol–water partition coefficient (Wildman–Crippen LogP) is 3.28. The molecule has 0 saturated carbocycles. The van der Waals surface area contributed by atoms with Crippen molar-refractivity contribution in [3.8, 4) is 5.75 Å². The highest BCUT2D eigenvalue weighted by Gasteiger charge is 2.20. The molecule has 0 heterocycles. The highest BCUT2D eigenvalue weighted by molar-refractivity contribution is 5.85. The smallest absolute Gasteiger partial charge is 0.387 e. The number of amides is 1. The number of hydrogen-bond donors (Lipinski definition) is 2. The van der Waals surface area contributed by atoms with Gasteiger partial charge in [0.1, 0.15) is 5.75 Å². The van der Waals surface area contributed by atoms with Crippen LogP contribution in [-0.2, 0) is 11.2 Å². The number of alkyl halides is 2. The van der Waals surface area contributed by atoms with E-state index in [0.29, 0.717) is 19.4 Å². The summed E-state index contributed by atoms with van der Waals surface area (Å²) in [5, 5.41) is 2.85. The number of nitrogens with one attached hydrogen (secondary N) is 1. The summed E-state index contributed by atoms with van der Waals surface area (Å²) in [6.45, 7) is 1.63. The first-order valence-electron chi connectivity index (χ1n) is 7.48. The number of halogens is 3. The largest absolute Gasteiger partial charge is 0.435 e. The maximum Gasteiger partial charge on any atom is 0.387 e. The Kier molecular flexibility index (Phi) is 9.76. The topological polar surface area (TPSA) is 64.3 Å². The zero-order valence-corrected chi connectivity index (χ0v) is 14.3. The minimum Gasteiger partial charge on any atom is -0.435 e. The summed E-state index contributed by atoms with van der Waals surface area (Å²) in [5.41, 5.74) is 6.65. The van der Waals surface area contributed by atoms with Crippen molar-refractivity contribution in [1.82, 2.24) is 5.32 Å². The van der Waals surface area contributed by atoms with Crippen molar-refractivity contribution in [2.75, 3.05) is 6.54 Å². The van der Waals surface area contributed by atoms with Crippen molar-refractivity contribution < 1.29 is 18.3 Å². The average molecular weight is 351 g/mol. The lowest BCUT2D eigenvalue weighted by atomic mass is 9.94. The number of benzene rings is 1. The molecule has 0 fully saturated rings. The quantitative estimate of drug-likeness (QED) is 0.718. The maximum atomic E-state index is 12.0. The predicted molar refractivity (Wildman–Crippen MR) is 89.2 cm³/mol. The Balaban J connectivity index is 0.00000484. The van der Waals surface area contributed by atoms with Crippen molar-refractivity contribution >= 4 is 18.3 Å². The lowest BCUT2D eigenvalue weighted by Crippen LogP contribution is -2.49. The molecular formula is C16H25ClF2N2O2. The van der Waals surface area contributed by atoms with Gasteiger partial charge in [-0.2, -0.15) is 8.78 Å². The van der Waals surface area contributed by atoms with E-state index in [0.717, 1.165) is 18.4 Å². The normalized spacial score (nSPS) is 11.0. The number of ether oxygens (including phenoxy) is 1. The number of carbonyl (C=O) groups is 1. The molecule has 0 bridgehead atoms. The third-order valence-electron chi connectivity index (χ3n) is 3.84. The van der Waals surface area contributed by atoms with Crippen molar-refractivity contribution in [1.29, 1.82) is 0 Å². The third-order valence-corrected chi connectivity index (χ3v) is 3.84. The number of nitrogens with two attached hydrogens (primary N) is 1. The first-order chi connectivity index (χ1) is 10.4. The molecular weight excluding hydrogens is 326 g/mol. The first-order valence-corrected chi connectivity index (χ1v) is 7.48. The zero-order valence-electron chi connectivity index (χ0n) is 13.5. The zero-order chi connectivity index (χ0) is 16.6. The molecule has 132 valence electrons. The van der Waals surface area contributed by atoms with Gasteiger partial charge in [0.05, 0.1) is 0 Å². The molecule has 0 aliphatic rings. The fourth-order valence-electron chi connectivity index (χ4n) is 1.96. The van der Waals surface area contributed by atoms with Gasteiger partial charge in [0.2, 0.25) is 5.91 Å². The van der Waals surface area contributed by atoms with E-state index >= 15 is 0 Å². The highest BCUT2D eigenvalue weighted by atomic mass is 35.5. The molecule has 7 heteroatoms. The lowest BCUT2D eigenvalue weighted by molar-refractivity contribution is -0.121. The summed E-state index contributed by atoms with van der Waals surface area (Å²) < 4.78 is 28.3. The Morgan fingerprint density at radius 3 is 2.30 bits per heavy atom. The van der Waals surface area contributed by atoms with Crippen LogP contribution < -0.4 is 15.8 Å². The molecule has 1 amide bonds. The number of carbonyl (C=O) groups excluding carboxylic acids is 1. The standard InChI is InChI=1S/C16H24F2N2O2.ClH/c1-3-16(19,4-2)11-20-14(21)10-7-12-5-8-13(9-6-12)22-15(17)18;/h5-6,8-9,15H,3-4,7,10-11,19H2,1-2H3,(H,20,21);1H. The summed E-state index contributed by atoms with van der Waals surface area (Å²) in [4.78, 5) is 11.8. The van der Waals surface area contributed by atoms with Crippen LogP contribution in [0.15, 0.2) is 24.3 Å². The molecule has 0 aromatic heterocycles. The van der Waals surface area contributed by atoms with Gasteiger partial charge in [-0.05, 0) is 37.0 Å². The second-order valence-electron chi connectivity index (χ2n) is 5.37. The lowest BCUT2D eigenvalue weighted by Gasteiger charge is -2.26. The average Bonchev–Trinajstić information content (AvgIpc) is 2.51. The van der Waals surface area contributed by atoms with Gasteiger partial charge in [-0.15, -0.1) is 12.4 Å². The maximum absolute atomic E-state index is 12.0. The van der Waals surface area contributed by atoms with Crippen molar-refractivity contribution in [2.24, 2.45) is 5.73 Å². The molecule has 4 nitrogen and oxygen atoms in total. The Hall–Kier alpha value is -1.40. The van der Waals surface area contributed by atoms with Crippen LogP contribution in [0.5, 0.6) is 5.75 Å². The Labute approximate surface area is 142 Å². The summed E-state index contributed by atoms with van der Waals surface area (Å²) in [6, 6.07) is 6.30. The van der Waals surface area contributed by atoms with Gasteiger partial charge in [-0.25, -0.2) is 0 Å². The summed E-state index contributed by atoms with van der Waals surface area (Å²) in [6.07, 6.45) is 2.47. The molecule has 0 atom stereocenters. The van der Waals surface area contributed by atoms with E-state index in [2.05, 4.69) is 10.1 Å². The van der Waals surface area contributed by atoms with Crippen LogP contribution in [0.1, 0.15) is 38.7 Å². The molecule has 0 saturated heterocycles. The number of rotatable bonds is 9. The molecule has 3 N–H and O–H groups in total. The second kappa shape index (κ2) is 10.4. The minimum atomic E-state index is -2.83. The van der Waals surface area contributed by atoms with Crippen LogP contribution >= 0.6 is 12.4 Å². The van der Waals surface area contributed by atoms with Gasteiger partial charge in [0, 0.05) is 18.5 Å². The van der Waals surface area contributed by atoms with Gasteiger partial charge >= 0.3 is 6.61 Å². The Morgan fingerprint density at radius 2 is 1.83 bits per heavy atom. The molecule has 0 unspecified atom stereocenters. The third kappa shape index (κ3) is 8.13. The van der Waals surface area contributed by atoms with E-state index in [4.69, 9.17) is 5.73 Å². The van der Waals surface area contributed by atoms with E-state index in [-0.39, 0.29) is 29.6 Å². The van der Waals surface area contributed by atoms with E-state index in [1.165, 1.54) is 12.1 Å². The van der Waals surface area contributed by atoms with Crippen LogP contribution in [0, 0.1) is 0 Å². The van der Waals surface area contributed by atoms with Crippen molar-refractivity contribution in [3.05, 3.63) is 29.8 Å². The van der Waals surface area contributed by atoms with E-state index < -0.39 is 6.61 Å². The highest BCUT2D eigenvalue weighted by Crippen LogP contribution is 2.16. The molecule has 0 radical (unpaired) electrons. The van der Waals surface area contributed by atoms with Crippen LogP contribution in [0.2, 0.25) is 0 Å². The molecule has 0 aliphatic carbocycles. The van der Waals surface area contributed by atoms with Crippen molar-refractivity contribution in [3.63, 3.8) is 0 Å². The molecule has 0 aliphatic heterocycles. The molecule has 1 rings (SSSR count). The van der Waals surface area contributed by atoms with E-state index in [1.807, 2.05) is 13.8 Å². The summed E-state index contributed by atoms with van der Waals surface area (Å²) >= 11 is 0. The fourth-order valence-corrected chi connectivity index (χ4v) is 1.96. The monoisotopic (exact) mass is 350 g/mol.